The average Bonchev–Trinajstić information content (AvgIpc) is 2.84. The molecule has 1 atom stereocenters. The lowest BCUT2D eigenvalue weighted by atomic mass is 10.2. The minimum Gasteiger partial charge on any atom is -0.392 e. The molecule has 2 heterocycles. The number of carbonyl (C=O) groups is 1. The maximum Gasteiger partial charge on any atom is 0.266 e. The van der Waals surface area contributed by atoms with Crippen molar-refractivity contribution in [3.63, 3.8) is 0 Å². The first-order valence-electron chi connectivity index (χ1n) is 5.12. The zero-order valence-electron chi connectivity index (χ0n) is 8.97. The van der Waals surface area contributed by atoms with Crippen molar-refractivity contribution in [3.05, 3.63) is 16.1 Å². The summed E-state index contributed by atoms with van der Waals surface area (Å²) in [5, 5.41) is 0.898. The van der Waals surface area contributed by atoms with Gasteiger partial charge in [-0.25, -0.2) is 4.98 Å². The van der Waals surface area contributed by atoms with Crippen molar-refractivity contribution >= 4 is 34.5 Å². The molecular formula is C10H13N3OS2. The van der Waals surface area contributed by atoms with Gasteiger partial charge in [0.05, 0.1) is 22.2 Å². The highest BCUT2D eigenvalue weighted by molar-refractivity contribution is 7.80. The van der Waals surface area contributed by atoms with E-state index < -0.39 is 0 Å². The third-order valence-electron chi connectivity index (χ3n) is 2.67. The van der Waals surface area contributed by atoms with Crippen LogP contribution >= 0.6 is 23.6 Å². The maximum atomic E-state index is 12.2. The molecule has 0 aromatic carbocycles. The van der Waals surface area contributed by atoms with Crippen LogP contribution in [0.1, 0.15) is 27.5 Å². The second-order valence-corrected chi connectivity index (χ2v) is 5.51. The molecule has 0 radical (unpaired) electrons. The number of likely N-dealkylation sites (tertiary alicyclic amines) is 1. The number of thiocarbonyl (C=S) groups is 1. The summed E-state index contributed by atoms with van der Waals surface area (Å²) in [4.78, 5) is 19.1. The van der Waals surface area contributed by atoms with Crippen molar-refractivity contribution in [2.45, 2.75) is 25.8 Å². The number of aryl methyl sites for hydroxylation is 1. The van der Waals surface area contributed by atoms with Gasteiger partial charge in [-0.3, -0.25) is 4.79 Å². The quantitative estimate of drug-likeness (QED) is 0.810. The van der Waals surface area contributed by atoms with Crippen molar-refractivity contribution in [2.24, 2.45) is 5.73 Å². The average molecular weight is 255 g/mol. The lowest BCUT2D eigenvalue weighted by Gasteiger charge is -2.22. The normalized spacial score (nSPS) is 20.1. The molecule has 1 unspecified atom stereocenters. The van der Waals surface area contributed by atoms with E-state index in [0.29, 0.717) is 9.87 Å². The van der Waals surface area contributed by atoms with E-state index in [4.69, 9.17) is 18.0 Å². The Morgan fingerprint density at radius 1 is 1.75 bits per heavy atom. The van der Waals surface area contributed by atoms with Crippen LogP contribution < -0.4 is 5.73 Å². The number of carbonyl (C=O) groups excluding carboxylic acids is 1. The maximum absolute atomic E-state index is 12.2. The molecule has 16 heavy (non-hydrogen) atoms. The highest BCUT2D eigenvalue weighted by atomic mass is 32.1. The summed E-state index contributed by atoms with van der Waals surface area (Å²) in [5.41, 5.74) is 5.63. The molecule has 4 nitrogen and oxygen atoms in total. The fraction of sp³-hybridized carbons (Fsp3) is 0.500. The van der Waals surface area contributed by atoms with Crippen LogP contribution in [0.2, 0.25) is 0 Å². The summed E-state index contributed by atoms with van der Waals surface area (Å²) in [7, 11) is 0. The molecule has 0 bridgehead atoms. The van der Waals surface area contributed by atoms with Crippen LogP contribution in [0.4, 0.5) is 0 Å². The summed E-state index contributed by atoms with van der Waals surface area (Å²) >= 11 is 6.39. The van der Waals surface area contributed by atoms with E-state index in [0.717, 1.165) is 24.4 Å². The number of thiazole rings is 1. The first-order valence-corrected chi connectivity index (χ1v) is 6.35. The topological polar surface area (TPSA) is 59.2 Å². The fourth-order valence-electron chi connectivity index (χ4n) is 1.91. The standard InChI is InChI=1S/C10H13N3OS2/c1-6-12-5-8(16-6)10(14)13-4-2-3-7(13)9(11)15/h5,7H,2-4H2,1H3,(H2,11,15). The summed E-state index contributed by atoms with van der Waals surface area (Å²) in [5.74, 6) is 0.000833. The predicted octanol–water partition coefficient (Wildman–Crippen LogP) is 1.34. The Bertz CT molecular complexity index is 429. The number of hydrogen-bond acceptors (Lipinski definition) is 4. The second-order valence-electron chi connectivity index (χ2n) is 3.80. The van der Waals surface area contributed by atoms with Gasteiger partial charge in [-0.15, -0.1) is 11.3 Å². The Morgan fingerprint density at radius 2 is 2.50 bits per heavy atom. The Balaban J connectivity index is 2.18. The Morgan fingerprint density at radius 3 is 3.06 bits per heavy atom. The van der Waals surface area contributed by atoms with E-state index >= 15 is 0 Å². The van der Waals surface area contributed by atoms with Crippen molar-refractivity contribution in [1.82, 2.24) is 9.88 Å². The summed E-state index contributed by atoms with van der Waals surface area (Å²) in [6, 6.07) is -0.0788. The van der Waals surface area contributed by atoms with Crippen LogP contribution in [0, 0.1) is 6.92 Å². The van der Waals surface area contributed by atoms with Gasteiger partial charge in [-0.1, -0.05) is 12.2 Å². The van der Waals surface area contributed by atoms with E-state index in [-0.39, 0.29) is 11.9 Å². The van der Waals surface area contributed by atoms with Gasteiger partial charge in [0.1, 0.15) is 4.88 Å². The number of rotatable bonds is 2. The Hall–Kier alpha value is -1.01. The predicted molar refractivity (Wildman–Crippen MR) is 67.7 cm³/mol. The second kappa shape index (κ2) is 4.47. The van der Waals surface area contributed by atoms with Crippen LogP contribution in [-0.2, 0) is 0 Å². The molecule has 6 heteroatoms. The van der Waals surface area contributed by atoms with Gasteiger partial charge in [-0.05, 0) is 19.8 Å². The van der Waals surface area contributed by atoms with Gasteiger partial charge >= 0.3 is 0 Å². The van der Waals surface area contributed by atoms with E-state index in [1.54, 1.807) is 11.1 Å². The molecule has 0 aliphatic carbocycles. The Labute approximate surface area is 103 Å². The van der Waals surface area contributed by atoms with Crippen LogP contribution in [0.3, 0.4) is 0 Å². The molecule has 1 aromatic rings. The largest absolute Gasteiger partial charge is 0.392 e. The van der Waals surface area contributed by atoms with E-state index in [1.165, 1.54) is 11.3 Å². The van der Waals surface area contributed by atoms with Gasteiger partial charge < -0.3 is 10.6 Å². The first kappa shape index (κ1) is 11.5. The number of amides is 1. The van der Waals surface area contributed by atoms with E-state index in [2.05, 4.69) is 4.98 Å². The highest BCUT2D eigenvalue weighted by Gasteiger charge is 2.31. The van der Waals surface area contributed by atoms with Crippen molar-refractivity contribution < 1.29 is 4.79 Å². The zero-order chi connectivity index (χ0) is 11.7. The van der Waals surface area contributed by atoms with Crippen LogP contribution in [-0.4, -0.2) is 33.4 Å². The van der Waals surface area contributed by atoms with E-state index in [1.807, 2.05) is 6.92 Å². The van der Waals surface area contributed by atoms with Gasteiger partial charge in [0.15, 0.2) is 0 Å². The highest BCUT2D eigenvalue weighted by Crippen LogP contribution is 2.22. The number of nitrogens with two attached hydrogens (primary N) is 1. The molecule has 86 valence electrons. The smallest absolute Gasteiger partial charge is 0.266 e. The summed E-state index contributed by atoms with van der Waals surface area (Å²) in [6.07, 6.45) is 3.46. The van der Waals surface area contributed by atoms with Crippen LogP contribution in [0.5, 0.6) is 0 Å². The van der Waals surface area contributed by atoms with Gasteiger partial charge in [-0.2, -0.15) is 0 Å². The first-order chi connectivity index (χ1) is 7.59. The zero-order valence-corrected chi connectivity index (χ0v) is 10.6. The minimum absolute atomic E-state index is 0.000833. The molecule has 0 spiro atoms. The molecule has 0 saturated carbocycles. The molecule has 1 aromatic heterocycles. The summed E-state index contributed by atoms with van der Waals surface area (Å²) < 4.78 is 0. The van der Waals surface area contributed by atoms with Crippen molar-refractivity contribution in [2.75, 3.05) is 6.54 Å². The van der Waals surface area contributed by atoms with Crippen molar-refractivity contribution in [3.8, 4) is 0 Å². The molecular weight excluding hydrogens is 242 g/mol. The molecule has 2 N–H and O–H groups in total. The minimum atomic E-state index is -0.0788. The fourth-order valence-corrected chi connectivity index (χ4v) is 2.89. The number of nitrogens with zero attached hydrogens (tertiary/aromatic N) is 2. The van der Waals surface area contributed by atoms with Gasteiger partial charge in [0, 0.05) is 6.54 Å². The van der Waals surface area contributed by atoms with Crippen LogP contribution in [0.15, 0.2) is 6.20 Å². The third-order valence-corrected chi connectivity index (χ3v) is 3.85. The third kappa shape index (κ3) is 2.08. The summed E-state index contributed by atoms with van der Waals surface area (Å²) in [6.45, 7) is 2.62. The van der Waals surface area contributed by atoms with Gasteiger partial charge in [0.2, 0.25) is 0 Å². The van der Waals surface area contributed by atoms with Crippen molar-refractivity contribution in [1.29, 1.82) is 0 Å². The van der Waals surface area contributed by atoms with E-state index in [9.17, 15) is 4.79 Å². The SMILES string of the molecule is Cc1ncc(C(=O)N2CCCC2C(N)=S)s1. The lowest BCUT2D eigenvalue weighted by molar-refractivity contribution is 0.0775. The van der Waals surface area contributed by atoms with Gasteiger partial charge in [0.25, 0.3) is 5.91 Å². The molecule has 1 aliphatic heterocycles. The molecule has 1 amide bonds. The number of aromatic nitrogens is 1. The monoisotopic (exact) mass is 255 g/mol. The lowest BCUT2D eigenvalue weighted by Crippen LogP contribution is -2.42. The number of hydrogen-bond donors (Lipinski definition) is 1. The Kier molecular flexibility index (Phi) is 3.20. The van der Waals surface area contributed by atoms with Crippen LogP contribution in [0.25, 0.3) is 0 Å². The molecule has 1 fully saturated rings. The molecule has 1 aliphatic rings. The molecule has 2 rings (SSSR count). The molecule has 1 saturated heterocycles.